The Labute approximate surface area is 99.4 Å². The van der Waals surface area contributed by atoms with Gasteiger partial charge in [0, 0.05) is 0 Å². The van der Waals surface area contributed by atoms with Gasteiger partial charge in [0.1, 0.15) is 12.6 Å². The van der Waals surface area contributed by atoms with Crippen LogP contribution in [0, 0.1) is 0 Å². The zero-order chi connectivity index (χ0) is 12.5. The molecule has 1 atom stereocenters. The second-order valence-electron chi connectivity index (χ2n) is 3.49. The summed E-state index contributed by atoms with van der Waals surface area (Å²) in [5.41, 5.74) is 0. The maximum atomic E-state index is 12.2. The van der Waals surface area contributed by atoms with E-state index in [1.54, 1.807) is 18.2 Å². The van der Waals surface area contributed by atoms with Crippen molar-refractivity contribution < 1.29 is 17.9 Å². The lowest BCUT2D eigenvalue weighted by Crippen LogP contribution is -2.37. The molecule has 0 saturated carbocycles. The van der Waals surface area contributed by atoms with Gasteiger partial charge in [-0.05, 0) is 12.1 Å². The molecule has 1 heterocycles. The number of benzene rings is 1. The van der Waals surface area contributed by atoms with Gasteiger partial charge in [-0.15, -0.1) is 6.58 Å². The largest absolute Gasteiger partial charge is 0.446 e. The standard InChI is InChI=1S/C11H11NO4S/c1-2-9-8-16-11(13)12(9)17(14,15)10-6-4-3-5-7-10/h2-7,9H,1,8H2/t9-/m0/s1. The highest BCUT2D eigenvalue weighted by atomic mass is 32.2. The Morgan fingerprint density at radius 1 is 1.35 bits per heavy atom. The van der Waals surface area contributed by atoms with Gasteiger partial charge in [-0.3, -0.25) is 0 Å². The van der Waals surface area contributed by atoms with Crippen molar-refractivity contribution in [3.05, 3.63) is 43.0 Å². The molecule has 1 aliphatic rings. The second-order valence-corrected chi connectivity index (χ2v) is 5.31. The van der Waals surface area contributed by atoms with Crippen LogP contribution in [0.4, 0.5) is 4.79 Å². The molecule has 2 rings (SSSR count). The number of cyclic esters (lactones) is 1. The van der Waals surface area contributed by atoms with Crippen molar-refractivity contribution in [2.24, 2.45) is 0 Å². The van der Waals surface area contributed by atoms with E-state index >= 15 is 0 Å². The second kappa shape index (κ2) is 4.21. The molecule has 1 aromatic rings. The molecule has 6 heteroatoms. The fraction of sp³-hybridized carbons (Fsp3) is 0.182. The summed E-state index contributed by atoms with van der Waals surface area (Å²) in [6.07, 6.45) is 0.518. The van der Waals surface area contributed by atoms with Crippen LogP contribution in [0.1, 0.15) is 0 Å². The number of sulfonamides is 1. The van der Waals surface area contributed by atoms with Crippen molar-refractivity contribution >= 4 is 16.1 Å². The minimum atomic E-state index is -3.86. The number of carbonyl (C=O) groups is 1. The molecule has 0 aliphatic carbocycles. The normalized spacial score (nSPS) is 20.1. The number of amides is 1. The zero-order valence-corrected chi connectivity index (χ0v) is 9.76. The van der Waals surface area contributed by atoms with Crippen LogP contribution in [0.5, 0.6) is 0 Å². The summed E-state index contributed by atoms with van der Waals surface area (Å²) in [4.78, 5) is 11.5. The Morgan fingerprint density at radius 2 is 2.00 bits per heavy atom. The molecule has 0 bridgehead atoms. The molecule has 1 amide bonds. The quantitative estimate of drug-likeness (QED) is 0.763. The van der Waals surface area contributed by atoms with E-state index in [0.717, 1.165) is 4.31 Å². The molecule has 0 aromatic heterocycles. The molecule has 0 N–H and O–H groups in total. The van der Waals surface area contributed by atoms with Crippen molar-refractivity contribution in [1.82, 2.24) is 4.31 Å². The SMILES string of the molecule is C=C[C@H]1COC(=O)N1S(=O)(=O)c1ccccc1. The number of hydrogen-bond donors (Lipinski definition) is 0. The predicted octanol–water partition coefficient (Wildman–Crippen LogP) is 1.38. The lowest BCUT2D eigenvalue weighted by atomic mass is 10.3. The average molecular weight is 253 g/mol. The van der Waals surface area contributed by atoms with Crippen molar-refractivity contribution in [2.45, 2.75) is 10.9 Å². The monoisotopic (exact) mass is 253 g/mol. The van der Waals surface area contributed by atoms with E-state index in [4.69, 9.17) is 4.74 Å². The third-order valence-electron chi connectivity index (χ3n) is 2.43. The van der Waals surface area contributed by atoms with Gasteiger partial charge in [0.15, 0.2) is 0 Å². The zero-order valence-electron chi connectivity index (χ0n) is 8.94. The molecule has 1 aliphatic heterocycles. The Hall–Kier alpha value is -1.82. The first-order chi connectivity index (χ1) is 8.07. The number of nitrogens with zero attached hydrogens (tertiary/aromatic N) is 1. The molecule has 1 fully saturated rings. The third kappa shape index (κ3) is 1.91. The summed E-state index contributed by atoms with van der Waals surface area (Å²) in [6.45, 7) is 3.50. The van der Waals surface area contributed by atoms with Gasteiger partial charge in [-0.25, -0.2) is 13.2 Å². The van der Waals surface area contributed by atoms with Crippen LogP contribution in [0.3, 0.4) is 0 Å². The first kappa shape index (κ1) is 11.7. The summed E-state index contributed by atoms with van der Waals surface area (Å²) in [6, 6.07) is 7.11. The summed E-state index contributed by atoms with van der Waals surface area (Å²) in [7, 11) is -3.86. The van der Waals surface area contributed by atoms with E-state index in [0.29, 0.717) is 0 Å². The molecule has 0 spiro atoms. The van der Waals surface area contributed by atoms with E-state index in [2.05, 4.69) is 6.58 Å². The molecule has 1 saturated heterocycles. The predicted molar refractivity (Wildman–Crippen MR) is 60.8 cm³/mol. The van der Waals surface area contributed by atoms with Gasteiger partial charge >= 0.3 is 6.09 Å². The average Bonchev–Trinajstić information content (AvgIpc) is 2.72. The minimum Gasteiger partial charge on any atom is -0.446 e. The molecular weight excluding hydrogens is 242 g/mol. The van der Waals surface area contributed by atoms with Crippen LogP contribution >= 0.6 is 0 Å². The van der Waals surface area contributed by atoms with E-state index in [9.17, 15) is 13.2 Å². The first-order valence-electron chi connectivity index (χ1n) is 4.96. The smallest absolute Gasteiger partial charge is 0.424 e. The highest BCUT2D eigenvalue weighted by Crippen LogP contribution is 2.23. The molecule has 0 unspecified atom stereocenters. The van der Waals surface area contributed by atoms with E-state index in [1.807, 2.05) is 0 Å². The molecular formula is C11H11NO4S. The van der Waals surface area contributed by atoms with Crippen molar-refractivity contribution in [3.63, 3.8) is 0 Å². The Bertz CT molecular complexity index is 538. The molecule has 17 heavy (non-hydrogen) atoms. The fourth-order valence-electron chi connectivity index (χ4n) is 1.57. The van der Waals surface area contributed by atoms with Crippen molar-refractivity contribution in [2.75, 3.05) is 6.61 Å². The van der Waals surface area contributed by atoms with Gasteiger partial charge in [0.2, 0.25) is 0 Å². The molecule has 1 aromatic carbocycles. The Balaban J connectivity index is 2.45. The van der Waals surface area contributed by atoms with Crippen molar-refractivity contribution in [3.8, 4) is 0 Å². The topological polar surface area (TPSA) is 63.7 Å². The Kier molecular flexibility index (Phi) is 2.89. The fourth-order valence-corrected chi connectivity index (χ4v) is 3.05. The summed E-state index contributed by atoms with van der Waals surface area (Å²) >= 11 is 0. The highest BCUT2D eigenvalue weighted by Gasteiger charge is 2.40. The van der Waals surface area contributed by atoms with E-state index < -0.39 is 22.2 Å². The molecule has 0 radical (unpaired) electrons. The van der Waals surface area contributed by atoms with Crippen LogP contribution < -0.4 is 0 Å². The summed E-state index contributed by atoms with van der Waals surface area (Å²) in [5, 5.41) is 0. The summed E-state index contributed by atoms with van der Waals surface area (Å²) < 4.78 is 29.8. The van der Waals surface area contributed by atoms with Gasteiger partial charge in [0.05, 0.1) is 4.90 Å². The van der Waals surface area contributed by atoms with Crippen LogP contribution in [-0.2, 0) is 14.8 Å². The number of rotatable bonds is 3. The van der Waals surface area contributed by atoms with E-state index in [1.165, 1.54) is 18.2 Å². The number of carbonyl (C=O) groups excluding carboxylic acids is 1. The van der Waals surface area contributed by atoms with Gasteiger partial charge in [0.25, 0.3) is 10.0 Å². The number of hydrogen-bond acceptors (Lipinski definition) is 4. The van der Waals surface area contributed by atoms with Crippen LogP contribution in [0.2, 0.25) is 0 Å². The minimum absolute atomic E-state index is 0.00833. The van der Waals surface area contributed by atoms with Gasteiger partial charge < -0.3 is 4.74 Å². The maximum absolute atomic E-state index is 12.2. The van der Waals surface area contributed by atoms with Gasteiger partial charge in [-0.1, -0.05) is 24.3 Å². The van der Waals surface area contributed by atoms with Gasteiger partial charge in [-0.2, -0.15) is 4.31 Å². The first-order valence-corrected chi connectivity index (χ1v) is 6.40. The molecule has 90 valence electrons. The van der Waals surface area contributed by atoms with Crippen LogP contribution in [0.25, 0.3) is 0 Å². The number of ether oxygens (including phenoxy) is 1. The van der Waals surface area contributed by atoms with Crippen molar-refractivity contribution in [1.29, 1.82) is 0 Å². The highest BCUT2D eigenvalue weighted by molar-refractivity contribution is 7.89. The lowest BCUT2D eigenvalue weighted by molar-refractivity contribution is 0.170. The van der Waals surface area contributed by atoms with Crippen LogP contribution in [-0.4, -0.2) is 31.5 Å². The van der Waals surface area contributed by atoms with E-state index in [-0.39, 0.29) is 11.5 Å². The Morgan fingerprint density at radius 3 is 2.59 bits per heavy atom. The van der Waals surface area contributed by atoms with Crippen LogP contribution in [0.15, 0.2) is 47.9 Å². The molecule has 5 nitrogen and oxygen atoms in total. The maximum Gasteiger partial charge on any atom is 0.424 e. The lowest BCUT2D eigenvalue weighted by Gasteiger charge is -2.18. The third-order valence-corrected chi connectivity index (χ3v) is 4.24. The summed E-state index contributed by atoms with van der Waals surface area (Å²) in [5.74, 6) is 0.